The van der Waals surface area contributed by atoms with Gasteiger partial charge in [0.2, 0.25) is 11.8 Å². The van der Waals surface area contributed by atoms with Crippen LogP contribution in [-0.2, 0) is 19.1 Å². The second-order valence-corrected chi connectivity index (χ2v) is 15.8. The Balaban J connectivity index is 1.86. The van der Waals surface area contributed by atoms with Crippen LogP contribution in [0.4, 0.5) is 5.69 Å². The van der Waals surface area contributed by atoms with Gasteiger partial charge in [0.15, 0.2) is 0 Å². The van der Waals surface area contributed by atoms with E-state index in [1.54, 1.807) is 37.3 Å². The minimum Gasteiger partial charge on any atom is -0.461 e. The van der Waals surface area contributed by atoms with E-state index in [-0.39, 0.29) is 23.4 Å². The molecule has 10 heteroatoms. The van der Waals surface area contributed by atoms with Crippen molar-refractivity contribution in [2.24, 2.45) is 5.92 Å². The van der Waals surface area contributed by atoms with Crippen LogP contribution in [0.15, 0.2) is 30.0 Å². The van der Waals surface area contributed by atoms with E-state index in [1.165, 1.54) is 16.7 Å². The summed E-state index contributed by atoms with van der Waals surface area (Å²) in [6.07, 6.45) is -1.06. The number of rotatable bonds is 8. The van der Waals surface area contributed by atoms with Crippen molar-refractivity contribution in [1.29, 1.82) is 5.26 Å². The van der Waals surface area contributed by atoms with Gasteiger partial charge in [-0.2, -0.15) is 5.26 Å². The number of fused-ring (bicyclic) bond motifs is 1. The number of anilines is 1. The Hall–Kier alpha value is -2.61. The van der Waals surface area contributed by atoms with Gasteiger partial charge in [-0.05, 0) is 30.7 Å². The molecule has 0 aromatic heterocycles. The average molecular weight is 474 g/mol. The highest BCUT2D eigenvalue weighted by Crippen LogP contribution is 2.54. The predicted molar refractivity (Wildman–Crippen MR) is 125 cm³/mol. The molecule has 0 saturated carbocycles. The molecule has 170 valence electrons. The van der Waals surface area contributed by atoms with E-state index >= 15 is 0 Å². The number of benzene rings is 1. The maximum Gasteiger partial charge on any atom is 0.356 e. The molecule has 8 nitrogen and oxygen atoms in total. The summed E-state index contributed by atoms with van der Waals surface area (Å²) in [5.74, 6) is -1.81. The molecule has 32 heavy (non-hydrogen) atoms. The molecular formula is C22H27N3O5SSi. The van der Waals surface area contributed by atoms with Gasteiger partial charge in [0.25, 0.3) is 0 Å². The minimum absolute atomic E-state index is 0.207. The Labute approximate surface area is 192 Å². The molecule has 1 aromatic carbocycles. The summed E-state index contributed by atoms with van der Waals surface area (Å²) in [6.45, 7) is 8.44. The van der Waals surface area contributed by atoms with Crippen molar-refractivity contribution < 1.29 is 24.2 Å². The van der Waals surface area contributed by atoms with Crippen molar-refractivity contribution >= 4 is 48.2 Å². The third kappa shape index (κ3) is 5.06. The van der Waals surface area contributed by atoms with Crippen LogP contribution in [0, 0.1) is 17.2 Å². The maximum atomic E-state index is 13.0. The van der Waals surface area contributed by atoms with Crippen molar-refractivity contribution in [3.63, 3.8) is 0 Å². The summed E-state index contributed by atoms with van der Waals surface area (Å²) in [4.78, 5) is 39.3. The Kier molecular flexibility index (Phi) is 7.12. The van der Waals surface area contributed by atoms with Crippen molar-refractivity contribution in [2.45, 2.75) is 50.5 Å². The lowest BCUT2D eigenvalue weighted by atomic mass is 9.92. The van der Waals surface area contributed by atoms with E-state index in [9.17, 15) is 19.5 Å². The van der Waals surface area contributed by atoms with Crippen LogP contribution >= 0.6 is 11.8 Å². The van der Waals surface area contributed by atoms with Gasteiger partial charge in [-0.3, -0.25) is 14.5 Å². The lowest BCUT2D eigenvalue weighted by Crippen LogP contribution is -2.60. The average Bonchev–Trinajstić information content (AvgIpc) is 3.02. The first-order valence-electron chi connectivity index (χ1n) is 10.4. The van der Waals surface area contributed by atoms with Crippen LogP contribution < -0.4 is 5.32 Å². The number of aliphatic hydroxyl groups is 1. The molecule has 1 fully saturated rings. The highest BCUT2D eigenvalue weighted by Gasteiger charge is 2.58. The minimum atomic E-state index is -1.39. The number of esters is 1. The number of carbonyl (C=O) groups is 3. The molecule has 0 radical (unpaired) electrons. The normalized spacial score (nSPS) is 20.9. The van der Waals surface area contributed by atoms with Crippen LogP contribution in [0.2, 0.25) is 25.7 Å². The van der Waals surface area contributed by atoms with Crippen molar-refractivity contribution in [2.75, 3.05) is 11.9 Å². The van der Waals surface area contributed by atoms with Crippen molar-refractivity contribution in [1.82, 2.24) is 4.90 Å². The van der Waals surface area contributed by atoms with Crippen molar-refractivity contribution in [3.05, 3.63) is 35.5 Å². The van der Waals surface area contributed by atoms with Gasteiger partial charge in [-0.15, -0.1) is 0 Å². The van der Waals surface area contributed by atoms with Gasteiger partial charge >= 0.3 is 5.97 Å². The maximum absolute atomic E-state index is 13.0. The molecule has 1 aromatic rings. The van der Waals surface area contributed by atoms with Crippen LogP contribution in [0.3, 0.4) is 0 Å². The van der Waals surface area contributed by atoms with E-state index in [0.29, 0.717) is 22.8 Å². The molecular weight excluding hydrogens is 446 g/mol. The van der Waals surface area contributed by atoms with Crippen LogP contribution in [0.5, 0.6) is 0 Å². The molecule has 2 aliphatic rings. The third-order valence-corrected chi connectivity index (χ3v) is 8.36. The largest absolute Gasteiger partial charge is 0.461 e. The number of nitrogens with one attached hydrogen (secondary N) is 1. The second kappa shape index (κ2) is 9.48. The number of ether oxygens (including phenoxy) is 1. The highest BCUT2D eigenvalue weighted by molar-refractivity contribution is 8.09. The Morgan fingerprint density at radius 1 is 1.31 bits per heavy atom. The number of β-lactam (4-membered cyclic amide) rings is 1. The number of carbonyl (C=O) groups excluding carboxylic acids is 3. The fourth-order valence-corrected chi connectivity index (χ4v) is 5.80. The smallest absolute Gasteiger partial charge is 0.356 e. The molecule has 1 saturated heterocycles. The lowest BCUT2D eigenvalue weighted by molar-refractivity contribution is -0.158. The number of amides is 2. The number of hydrogen-bond donors (Lipinski definition) is 2. The van der Waals surface area contributed by atoms with Gasteiger partial charge in [0.1, 0.15) is 17.5 Å². The first kappa shape index (κ1) is 24.0. The summed E-state index contributed by atoms with van der Waals surface area (Å²) in [5, 5.41) is 20.9. The van der Waals surface area contributed by atoms with Gasteiger partial charge in [0.05, 0.1) is 24.7 Å². The lowest BCUT2D eigenvalue weighted by Gasteiger charge is -2.43. The fraction of sp³-hybridized carbons (Fsp3) is 0.455. The van der Waals surface area contributed by atoms with Gasteiger partial charge in [-0.1, -0.05) is 43.5 Å². The molecule has 0 unspecified atom stereocenters. The van der Waals surface area contributed by atoms with E-state index in [1.807, 2.05) is 0 Å². The number of nitrogens with zero attached hydrogens (tertiary/aromatic N) is 2. The monoisotopic (exact) mass is 473 g/mol. The predicted octanol–water partition coefficient (Wildman–Crippen LogP) is 3.00. The summed E-state index contributed by atoms with van der Waals surface area (Å²) in [6, 6.07) is 9.45. The summed E-state index contributed by atoms with van der Waals surface area (Å²) in [5.41, 5.74) is 1.44. The van der Waals surface area contributed by atoms with Gasteiger partial charge in [-0.25, -0.2) is 4.79 Å². The Bertz CT molecular complexity index is 994. The molecule has 0 spiro atoms. The number of thioether (sulfide) groups is 1. The highest BCUT2D eigenvalue weighted by atomic mass is 32.2. The van der Waals surface area contributed by atoms with Crippen molar-refractivity contribution in [3.8, 4) is 6.07 Å². The zero-order valence-corrected chi connectivity index (χ0v) is 20.4. The van der Waals surface area contributed by atoms with Crippen LogP contribution in [-0.4, -0.2) is 53.9 Å². The first-order chi connectivity index (χ1) is 15.0. The quantitative estimate of drug-likeness (QED) is 0.338. The second-order valence-electron chi connectivity index (χ2n) is 9.07. The number of hydrogen-bond acceptors (Lipinski definition) is 7. The van der Waals surface area contributed by atoms with Gasteiger partial charge < -0.3 is 15.2 Å². The summed E-state index contributed by atoms with van der Waals surface area (Å²) in [7, 11) is -1.39. The Morgan fingerprint density at radius 3 is 2.53 bits per heavy atom. The summed E-state index contributed by atoms with van der Waals surface area (Å²) < 4.78 is 5.53. The standard InChI is InChI=1S/C22H27N3O5SSi/c1-13(26)17-20(28)25-18(22(29)30-11-12-32(2,3)4)19(31-21(17)25)14-5-7-15(8-6-14)24-16(27)9-10-23/h5-8,13,17,21,26H,9,11-12H2,1-4H3,(H,24,27)/t13-,17+,21-/m1/s1. The zero-order chi connectivity index (χ0) is 23.6. The van der Waals surface area contributed by atoms with Gasteiger partial charge in [0, 0.05) is 18.7 Å². The molecule has 3 atom stereocenters. The van der Waals surface area contributed by atoms with E-state index in [0.717, 1.165) is 6.04 Å². The molecule has 3 rings (SSSR count). The van der Waals surface area contributed by atoms with E-state index in [2.05, 4.69) is 25.0 Å². The van der Waals surface area contributed by atoms with E-state index < -0.39 is 32.0 Å². The topological polar surface area (TPSA) is 120 Å². The molecule has 0 bridgehead atoms. The molecule has 0 aliphatic carbocycles. The first-order valence-corrected chi connectivity index (χ1v) is 15.0. The van der Waals surface area contributed by atoms with Crippen LogP contribution in [0.1, 0.15) is 18.9 Å². The third-order valence-electron chi connectivity index (χ3n) is 5.25. The molecule has 2 heterocycles. The van der Waals surface area contributed by atoms with Crippen LogP contribution in [0.25, 0.3) is 4.91 Å². The van der Waals surface area contributed by atoms with E-state index in [4.69, 9.17) is 10.00 Å². The molecule has 2 amide bonds. The summed E-state index contributed by atoms with van der Waals surface area (Å²) >= 11 is 1.36. The zero-order valence-electron chi connectivity index (χ0n) is 18.5. The molecule has 2 N–H and O–H groups in total. The Morgan fingerprint density at radius 2 is 1.97 bits per heavy atom. The molecule has 2 aliphatic heterocycles. The SMILES string of the molecule is C[C@@H](O)[C@H]1C(=O)N2C(C(=O)OCC[Si](C)(C)C)=C(c3ccc(NC(=O)CC#N)cc3)S[C@H]12. The fourth-order valence-electron chi connectivity index (χ4n) is 3.48. The number of nitriles is 1. The number of aliphatic hydroxyl groups excluding tert-OH is 1.